The van der Waals surface area contributed by atoms with Gasteiger partial charge in [-0.05, 0) is 37.5 Å². The van der Waals surface area contributed by atoms with Crippen LogP contribution >= 0.6 is 0 Å². The summed E-state index contributed by atoms with van der Waals surface area (Å²) >= 11 is 0. The van der Waals surface area contributed by atoms with Gasteiger partial charge < -0.3 is 10.1 Å². The minimum atomic E-state index is 0.462. The molecular formula is C14H27NO. The van der Waals surface area contributed by atoms with E-state index in [0.717, 1.165) is 36.9 Å². The molecule has 1 saturated carbocycles. The molecule has 0 aromatic heterocycles. The van der Waals surface area contributed by atoms with E-state index in [1.807, 2.05) is 0 Å². The Labute approximate surface area is 100 Å². The Morgan fingerprint density at radius 2 is 1.94 bits per heavy atom. The van der Waals surface area contributed by atoms with Crippen LogP contribution in [0.4, 0.5) is 0 Å². The third-order valence-corrected chi connectivity index (χ3v) is 4.88. The fourth-order valence-electron chi connectivity index (χ4n) is 3.22. The van der Waals surface area contributed by atoms with E-state index in [2.05, 4.69) is 26.1 Å². The zero-order chi connectivity index (χ0) is 11.5. The first kappa shape index (κ1) is 12.4. The summed E-state index contributed by atoms with van der Waals surface area (Å²) in [6.07, 6.45) is 5.89. The standard InChI is InChI=1S/C14H27NO/c1-10-5-4-6-14(11(10)2)15-9-13-7-8-16-12(13)3/h10-15H,4-9H2,1-3H3. The molecule has 1 saturated heterocycles. The lowest BCUT2D eigenvalue weighted by atomic mass is 9.78. The fourth-order valence-corrected chi connectivity index (χ4v) is 3.22. The van der Waals surface area contributed by atoms with Crippen molar-refractivity contribution in [3.63, 3.8) is 0 Å². The van der Waals surface area contributed by atoms with Crippen molar-refractivity contribution in [2.45, 2.75) is 58.6 Å². The zero-order valence-electron chi connectivity index (χ0n) is 11.0. The van der Waals surface area contributed by atoms with Crippen molar-refractivity contribution in [2.24, 2.45) is 17.8 Å². The number of hydrogen-bond acceptors (Lipinski definition) is 2. The largest absolute Gasteiger partial charge is 0.378 e. The minimum absolute atomic E-state index is 0.462. The Morgan fingerprint density at radius 1 is 1.12 bits per heavy atom. The highest BCUT2D eigenvalue weighted by Gasteiger charge is 2.29. The molecule has 0 aromatic carbocycles. The summed E-state index contributed by atoms with van der Waals surface area (Å²) in [6.45, 7) is 9.15. The van der Waals surface area contributed by atoms with Crippen LogP contribution in [0.3, 0.4) is 0 Å². The molecule has 94 valence electrons. The monoisotopic (exact) mass is 225 g/mol. The third-order valence-electron chi connectivity index (χ3n) is 4.88. The van der Waals surface area contributed by atoms with Crippen molar-refractivity contribution >= 4 is 0 Å². The molecule has 1 N–H and O–H groups in total. The first-order chi connectivity index (χ1) is 7.68. The Bertz CT molecular complexity index is 219. The maximum atomic E-state index is 5.61. The highest BCUT2D eigenvalue weighted by atomic mass is 16.5. The third kappa shape index (κ3) is 2.78. The molecule has 2 nitrogen and oxygen atoms in total. The molecule has 0 bridgehead atoms. The molecule has 5 unspecified atom stereocenters. The summed E-state index contributed by atoms with van der Waals surface area (Å²) in [6, 6.07) is 0.747. The van der Waals surface area contributed by atoms with Crippen molar-refractivity contribution in [1.29, 1.82) is 0 Å². The Hall–Kier alpha value is -0.0800. The van der Waals surface area contributed by atoms with Crippen LogP contribution in [-0.4, -0.2) is 25.3 Å². The fraction of sp³-hybridized carbons (Fsp3) is 1.00. The van der Waals surface area contributed by atoms with E-state index in [4.69, 9.17) is 4.74 Å². The summed E-state index contributed by atoms with van der Waals surface area (Å²) in [7, 11) is 0. The van der Waals surface area contributed by atoms with Crippen molar-refractivity contribution in [3.8, 4) is 0 Å². The van der Waals surface area contributed by atoms with Gasteiger partial charge in [0.25, 0.3) is 0 Å². The smallest absolute Gasteiger partial charge is 0.0588 e. The Balaban J connectivity index is 1.76. The highest BCUT2D eigenvalue weighted by Crippen LogP contribution is 2.30. The van der Waals surface area contributed by atoms with Gasteiger partial charge in [-0.2, -0.15) is 0 Å². The van der Waals surface area contributed by atoms with Gasteiger partial charge in [0, 0.05) is 19.2 Å². The van der Waals surface area contributed by atoms with Crippen LogP contribution in [0.1, 0.15) is 46.5 Å². The molecule has 2 aliphatic rings. The van der Waals surface area contributed by atoms with Crippen molar-refractivity contribution < 1.29 is 4.74 Å². The lowest BCUT2D eigenvalue weighted by Crippen LogP contribution is -2.43. The van der Waals surface area contributed by atoms with E-state index in [0.29, 0.717) is 6.10 Å². The van der Waals surface area contributed by atoms with E-state index in [1.165, 1.54) is 25.7 Å². The van der Waals surface area contributed by atoms with Gasteiger partial charge in [0.2, 0.25) is 0 Å². The number of nitrogens with one attached hydrogen (secondary N) is 1. The summed E-state index contributed by atoms with van der Waals surface area (Å²) in [4.78, 5) is 0. The Kier molecular flexibility index (Phi) is 4.26. The van der Waals surface area contributed by atoms with Gasteiger partial charge in [0.15, 0.2) is 0 Å². The maximum absolute atomic E-state index is 5.61. The van der Waals surface area contributed by atoms with Gasteiger partial charge in [-0.25, -0.2) is 0 Å². The van der Waals surface area contributed by atoms with Crippen molar-refractivity contribution in [1.82, 2.24) is 5.32 Å². The predicted molar refractivity (Wildman–Crippen MR) is 67.5 cm³/mol. The van der Waals surface area contributed by atoms with Gasteiger partial charge in [0.05, 0.1) is 6.10 Å². The number of hydrogen-bond donors (Lipinski definition) is 1. The Morgan fingerprint density at radius 3 is 2.62 bits per heavy atom. The molecule has 1 aliphatic carbocycles. The number of rotatable bonds is 3. The molecule has 5 atom stereocenters. The quantitative estimate of drug-likeness (QED) is 0.797. The zero-order valence-corrected chi connectivity index (χ0v) is 11.0. The molecular weight excluding hydrogens is 198 g/mol. The molecule has 2 fully saturated rings. The average molecular weight is 225 g/mol. The second kappa shape index (κ2) is 5.50. The van der Waals surface area contributed by atoms with Gasteiger partial charge in [0.1, 0.15) is 0 Å². The van der Waals surface area contributed by atoms with Crippen LogP contribution in [0, 0.1) is 17.8 Å². The summed E-state index contributed by atoms with van der Waals surface area (Å²) in [5.41, 5.74) is 0. The van der Waals surface area contributed by atoms with Crippen LogP contribution < -0.4 is 5.32 Å². The highest BCUT2D eigenvalue weighted by molar-refractivity contribution is 4.84. The lowest BCUT2D eigenvalue weighted by molar-refractivity contribution is 0.102. The van der Waals surface area contributed by atoms with E-state index in [9.17, 15) is 0 Å². The van der Waals surface area contributed by atoms with Crippen molar-refractivity contribution in [3.05, 3.63) is 0 Å². The van der Waals surface area contributed by atoms with Gasteiger partial charge in [-0.15, -0.1) is 0 Å². The second-order valence-corrected chi connectivity index (χ2v) is 5.91. The maximum Gasteiger partial charge on any atom is 0.0588 e. The molecule has 0 amide bonds. The summed E-state index contributed by atoms with van der Waals surface area (Å²) in [5, 5.41) is 3.79. The molecule has 0 aromatic rings. The normalized spacial score (nSPS) is 44.8. The summed E-state index contributed by atoms with van der Waals surface area (Å²) in [5.74, 6) is 2.47. The van der Waals surface area contributed by atoms with Crippen LogP contribution in [0.2, 0.25) is 0 Å². The first-order valence-corrected chi connectivity index (χ1v) is 7.03. The van der Waals surface area contributed by atoms with Gasteiger partial charge in [-0.1, -0.05) is 26.7 Å². The molecule has 2 rings (SSSR count). The van der Waals surface area contributed by atoms with E-state index >= 15 is 0 Å². The number of ether oxygens (including phenoxy) is 1. The SMILES string of the molecule is CC1CCCC(NCC2CCOC2C)C1C. The van der Waals surface area contributed by atoms with E-state index in [-0.39, 0.29) is 0 Å². The van der Waals surface area contributed by atoms with Crippen molar-refractivity contribution in [2.75, 3.05) is 13.2 Å². The molecule has 16 heavy (non-hydrogen) atoms. The van der Waals surface area contributed by atoms with Crippen LogP contribution in [0.15, 0.2) is 0 Å². The second-order valence-electron chi connectivity index (χ2n) is 5.91. The molecule has 1 heterocycles. The van der Waals surface area contributed by atoms with Crippen LogP contribution in [0.25, 0.3) is 0 Å². The van der Waals surface area contributed by atoms with Crippen LogP contribution in [0.5, 0.6) is 0 Å². The van der Waals surface area contributed by atoms with Gasteiger partial charge in [-0.3, -0.25) is 0 Å². The average Bonchev–Trinajstić information content (AvgIpc) is 2.67. The van der Waals surface area contributed by atoms with Gasteiger partial charge >= 0.3 is 0 Å². The van der Waals surface area contributed by atoms with Crippen LogP contribution in [-0.2, 0) is 4.74 Å². The topological polar surface area (TPSA) is 21.3 Å². The van der Waals surface area contributed by atoms with E-state index in [1.54, 1.807) is 0 Å². The van der Waals surface area contributed by atoms with E-state index < -0.39 is 0 Å². The summed E-state index contributed by atoms with van der Waals surface area (Å²) < 4.78 is 5.61. The predicted octanol–water partition coefficient (Wildman–Crippen LogP) is 2.83. The minimum Gasteiger partial charge on any atom is -0.378 e. The lowest BCUT2D eigenvalue weighted by Gasteiger charge is -2.35. The molecule has 1 aliphatic heterocycles. The molecule has 0 spiro atoms. The molecule has 0 radical (unpaired) electrons. The molecule has 2 heteroatoms. The first-order valence-electron chi connectivity index (χ1n) is 7.03.